The molecule has 2 atom stereocenters. The topological polar surface area (TPSA) is 3.24 Å². The van der Waals surface area contributed by atoms with Crippen molar-refractivity contribution < 1.29 is 0 Å². The van der Waals surface area contributed by atoms with Gasteiger partial charge in [0, 0.05) is 5.54 Å². The lowest BCUT2D eigenvalue weighted by Crippen LogP contribution is -2.52. The van der Waals surface area contributed by atoms with Crippen molar-refractivity contribution in [3.63, 3.8) is 0 Å². The summed E-state index contributed by atoms with van der Waals surface area (Å²) in [6, 6.07) is 11.2. The van der Waals surface area contributed by atoms with Crippen molar-refractivity contribution in [3.05, 3.63) is 35.9 Å². The van der Waals surface area contributed by atoms with Crippen molar-refractivity contribution >= 4 is 0 Å². The van der Waals surface area contributed by atoms with Gasteiger partial charge in [0.05, 0.1) is 0 Å². The summed E-state index contributed by atoms with van der Waals surface area (Å²) in [6.45, 7) is 9.35. The second kappa shape index (κ2) is 5.88. The second-order valence-corrected chi connectivity index (χ2v) is 5.61. The molecule has 100 valence electrons. The van der Waals surface area contributed by atoms with Crippen LogP contribution >= 0.6 is 0 Å². The Hall–Kier alpha value is -0.820. The molecule has 0 radical (unpaired) electrons. The first kappa shape index (κ1) is 13.6. The van der Waals surface area contributed by atoms with Crippen molar-refractivity contribution in [2.24, 2.45) is 5.92 Å². The third kappa shape index (κ3) is 2.21. The number of hydrogen-bond donors (Lipinski definition) is 0. The van der Waals surface area contributed by atoms with Gasteiger partial charge < -0.3 is 0 Å². The fourth-order valence-electron chi connectivity index (χ4n) is 3.93. The average molecular weight is 245 g/mol. The molecule has 1 aliphatic carbocycles. The molecule has 0 saturated heterocycles. The molecule has 1 fully saturated rings. The number of hydrogen-bond acceptors (Lipinski definition) is 1. The summed E-state index contributed by atoms with van der Waals surface area (Å²) in [7, 11) is 0. The molecular weight excluding hydrogens is 218 g/mol. The Kier molecular flexibility index (Phi) is 4.45. The van der Waals surface area contributed by atoms with E-state index in [9.17, 15) is 0 Å². The van der Waals surface area contributed by atoms with Crippen molar-refractivity contribution in [1.29, 1.82) is 0 Å². The number of rotatable bonds is 4. The van der Waals surface area contributed by atoms with Crippen LogP contribution in [0.25, 0.3) is 0 Å². The fraction of sp³-hybridized carbons (Fsp3) is 0.647. The van der Waals surface area contributed by atoms with Gasteiger partial charge >= 0.3 is 0 Å². The highest BCUT2D eigenvalue weighted by molar-refractivity contribution is 5.26. The van der Waals surface area contributed by atoms with Crippen LogP contribution in [-0.4, -0.2) is 18.0 Å². The summed E-state index contributed by atoms with van der Waals surface area (Å²) in [6.07, 6.45) is 5.46. The Morgan fingerprint density at radius 3 is 2.33 bits per heavy atom. The van der Waals surface area contributed by atoms with Gasteiger partial charge in [-0.1, -0.05) is 63.9 Å². The third-order valence-electron chi connectivity index (χ3n) is 4.86. The van der Waals surface area contributed by atoms with E-state index >= 15 is 0 Å². The standard InChI is InChI=1S/C17H27N/c1-4-18(5-2)17(14-10-9-11-15(17)3)16-12-7-6-8-13-16/h6-8,12-13,15H,4-5,9-11,14H2,1-3H3/t15?,17-/m0/s1. The lowest BCUT2D eigenvalue weighted by Gasteiger charge is -2.50. The van der Waals surface area contributed by atoms with Gasteiger partial charge in [0.1, 0.15) is 0 Å². The van der Waals surface area contributed by atoms with E-state index in [-0.39, 0.29) is 5.54 Å². The molecule has 2 rings (SSSR count). The fourth-order valence-corrected chi connectivity index (χ4v) is 3.93. The van der Waals surface area contributed by atoms with E-state index < -0.39 is 0 Å². The Balaban J connectivity index is 2.45. The highest BCUT2D eigenvalue weighted by atomic mass is 15.2. The second-order valence-electron chi connectivity index (χ2n) is 5.61. The normalized spacial score (nSPS) is 28.6. The molecule has 0 aliphatic heterocycles. The van der Waals surface area contributed by atoms with Crippen LogP contribution in [-0.2, 0) is 5.54 Å². The molecule has 0 N–H and O–H groups in total. The molecule has 1 aromatic rings. The van der Waals surface area contributed by atoms with E-state index in [1.807, 2.05) is 0 Å². The van der Waals surface area contributed by atoms with E-state index in [4.69, 9.17) is 0 Å². The van der Waals surface area contributed by atoms with Crippen LogP contribution in [0.2, 0.25) is 0 Å². The molecular formula is C17H27N. The summed E-state index contributed by atoms with van der Waals surface area (Å²) >= 11 is 0. The molecule has 0 amide bonds. The van der Waals surface area contributed by atoms with Crippen LogP contribution in [0.1, 0.15) is 52.0 Å². The predicted octanol–water partition coefficient (Wildman–Crippen LogP) is 4.43. The molecule has 0 spiro atoms. The largest absolute Gasteiger partial charge is 0.294 e. The van der Waals surface area contributed by atoms with E-state index in [1.54, 1.807) is 0 Å². The smallest absolute Gasteiger partial charge is 0.0485 e. The van der Waals surface area contributed by atoms with Crippen LogP contribution in [0.3, 0.4) is 0 Å². The minimum atomic E-state index is 0.281. The van der Waals surface area contributed by atoms with Crippen LogP contribution in [0.5, 0.6) is 0 Å². The maximum absolute atomic E-state index is 2.69. The summed E-state index contributed by atoms with van der Waals surface area (Å²) in [4.78, 5) is 2.69. The first-order valence-electron chi connectivity index (χ1n) is 7.56. The minimum Gasteiger partial charge on any atom is -0.294 e. The van der Waals surface area contributed by atoms with Crippen LogP contribution in [0.15, 0.2) is 30.3 Å². The molecule has 1 unspecified atom stereocenters. The summed E-state index contributed by atoms with van der Waals surface area (Å²) in [5.41, 5.74) is 1.81. The summed E-state index contributed by atoms with van der Waals surface area (Å²) < 4.78 is 0. The van der Waals surface area contributed by atoms with E-state index in [1.165, 1.54) is 31.2 Å². The SMILES string of the molecule is CCN(CC)[C@@]1(c2ccccc2)CCCCC1C. The van der Waals surface area contributed by atoms with Gasteiger partial charge in [-0.2, -0.15) is 0 Å². The molecule has 1 aromatic carbocycles. The molecule has 1 saturated carbocycles. The summed E-state index contributed by atoms with van der Waals surface area (Å²) in [5.74, 6) is 0.758. The number of nitrogens with zero attached hydrogens (tertiary/aromatic N) is 1. The van der Waals surface area contributed by atoms with Gasteiger partial charge in [-0.15, -0.1) is 0 Å². The Morgan fingerprint density at radius 2 is 1.78 bits per heavy atom. The monoisotopic (exact) mass is 245 g/mol. The Bertz CT molecular complexity index is 355. The van der Waals surface area contributed by atoms with E-state index in [0.29, 0.717) is 0 Å². The van der Waals surface area contributed by atoms with Gasteiger partial charge in [-0.05, 0) is 37.4 Å². The van der Waals surface area contributed by atoms with Gasteiger partial charge in [0.2, 0.25) is 0 Å². The zero-order valence-electron chi connectivity index (χ0n) is 12.2. The zero-order valence-corrected chi connectivity index (χ0v) is 12.2. The van der Waals surface area contributed by atoms with Gasteiger partial charge in [-0.3, -0.25) is 4.90 Å². The van der Waals surface area contributed by atoms with Gasteiger partial charge in [0.15, 0.2) is 0 Å². The molecule has 1 heteroatoms. The van der Waals surface area contributed by atoms with Crippen molar-refractivity contribution in [2.45, 2.75) is 52.0 Å². The maximum Gasteiger partial charge on any atom is 0.0485 e. The first-order chi connectivity index (χ1) is 8.75. The van der Waals surface area contributed by atoms with Crippen LogP contribution < -0.4 is 0 Å². The van der Waals surface area contributed by atoms with Gasteiger partial charge in [-0.25, -0.2) is 0 Å². The molecule has 0 heterocycles. The first-order valence-corrected chi connectivity index (χ1v) is 7.56. The third-order valence-corrected chi connectivity index (χ3v) is 4.86. The lowest BCUT2D eigenvalue weighted by atomic mass is 9.68. The van der Waals surface area contributed by atoms with E-state index in [2.05, 4.69) is 56.0 Å². The predicted molar refractivity (Wildman–Crippen MR) is 78.7 cm³/mol. The minimum absolute atomic E-state index is 0.281. The Morgan fingerprint density at radius 1 is 1.11 bits per heavy atom. The van der Waals surface area contributed by atoms with Crippen molar-refractivity contribution in [3.8, 4) is 0 Å². The quantitative estimate of drug-likeness (QED) is 0.758. The molecule has 1 nitrogen and oxygen atoms in total. The van der Waals surface area contributed by atoms with Crippen LogP contribution in [0.4, 0.5) is 0 Å². The van der Waals surface area contributed by atoms with Crippen LogP contribution in [0, 0.1) is 5.92 Å². The van der Waals surface area contributed by atoms with Gasteiger partial charge in [0.25, 0.3) is 0 Å². The zero-order chi connectivity index (χ0) is 13.0. The Labute approximate surface area is 112 Å². The highest BCUT2D eigenvalue weighted by Crippen LogP contribution is 2.45. The molecule has 1 aliphatic rings. The average Bonchev–Trinajstić information content (AvgIpc) is 2.43. The highest BCUT2D eigenvalue weighted by Gasteiger charge is 2.43. The lowest BCUT2D eigenvalue weighted by molar-refractivity contribution is 0.00936. The van der Waals surface area contributed by atoms with E-state index in [0.717, 1.165) is 19.0 Å². The molecule has 0 bridgehead atoms. The molecule has 18 heavy (non-hydrogen) atoms. The summed E-state index contributed by atoms with van der Waals surface area (Å²) in [5, 5.41) is 0. The maximum atomic E-state index is 2.69. The molecule has 0 aromatic heterocycles. The van der Waals surface area contributed by atoms with Crippen molar-refractivity contribution in [2.75, 3.05) is 13.1 Å². The number of benzene rings is 1. The van der Waals surface area contributed by atoms with Crippen molar-refractivity contribution in [1.82, 2.24) is 4.90 Å².